The van der Waals surface area contributed by atoms with Crippen LogP contribution >= 0.6 is 38.9 Å². The van der Waals surface area contributed by atoms with Gasteiger partial charge in [0.15, 0.2) is 0 Å². The molecule has 0 radical (unpaired) electrons. The van der Waals surface area contributed by atoms with Gasteiger partial charge in [0.1, 0.15) is 5.82 Å². The molecule has 20 heavy (non-hydrogen) atoms. The molecule has 0 saturated carbocycles. The van der Waals surface area contributed by atoms with Crippen molar-refractivity contribution in [2.45, 2.75) is 6.04 Å². The quantitative estimate of drug-likeness (QED) is 0.633. The highest BCUT2D eigenvalue weighted by Gasteiger charge is 2.17. The maximum Gasteiger partial charge on any atom is 0.131 e. The summed E-state index contributed by atoms with van der Waals surface area (Å²) in [5.74, 6) is -0.234. The van der Waals surface area contributed by atoms with Crippen LogP contribution in [0.5, 0.6) is 0 Å². The summed E-state index contributed by atoms with van der Waals surface area (Å²) in [6, 6.07) is 12.1. The number of halogens is 3. The Hall–Kier alpha value is -0.940. The van der Waals surface area contributed by atoms with Gasteiger partial charge >= 0.3 is 0 Å². The van der Waals surface area contributed by atoms with E-state index in [1.54, 1.807) is 12.1 Å². The number of nitrogens with two attached hydrogens (primary N) is 1. The van der Waals surface area contributed by atoms with Crippen LogP contribution in [0.3, 0.4) is 0 Å². The average molecular weight is 371 g/mol. The predicted molar refractivity (Wildman–Crippen MR) is 87.0 cm³/mol. The standard InChI is InChI=1S/C15H10BrClFNS/c16-15-11(17)7-13(20-15)14(19)10-5-6-12(18)9-4-2-1-3-8(9)10/h1-7,14H,19H2. The number of fused-ring (bicyclic) bond motifs is 1. The molecule has 0 amide bonds. The van der Waals surface area contributed by atoms with Gasteiger partial charge in [0.25, 0.3) is 0 Å². The van der Waals surface area contributed by atoms with Crippen molar-refractivity contribution in [2.24, 2.45) is 5.73 Å². The van der Waals surface area contributed by atoms with Crippen LogP contribution in [0.4, 0.5) is 4.39 Å². The Morgan fingerprint density at radius 2 is 1.85 bits per heavy atom. The lowest BCUT2D eigenvalue weighted by atomic mass is 9.98. The molecule has 2 aromatic carbocycles. The van der Waals surface area contributed by atoms with Gasteiger partial charge in [-0.25, -0.2) is 4.39 Å². The lowest BCUT2D eigenvalue weighted by Gasteiger charge is -2.13. The lowest BCUT2D eigenvalue weighted by Crippen LogP contribution is -2.10. The monoisotopic (exact) mass is 369 g/mol. The van der Waals surface area contributed by atoms with Crippen LogP contribution in [0.2, 0.25) is 5.02 Å². The second kappa shape index (κ2) is 5.45. The minimum atomic E-state index is -0.325. The van der Waals surface area contributed by atoms with Gasteiger partial charge in [-0.2, -0.15) is 0 Å². The van der Waals surface area contributed by atoms with E-state index in [1.165, 1.54) is 17.4 Å². The molecular weight excluding hydrogens is 361 g/mol. The summed E-state index contributed by atoms with van der Waals surface area (Å²) in [5, 5.41) is 2.06. The van der Waals surface area contributed by atoms with Crippen molar-refractivity contribution in [3.8, 4) is 0 Å². The summed E-state index contributed by atoms with van der Waals surface area (Å²) in [6.45, 7) is 0. The normalized spacial score (nSPS) is 12.8. The molecule has 0 bridgehead atoms. The van der Waals surface area contributed by atoms with Crippen LogP contribution < -0.4 is 5.73 Å². The highest BCUT2D eigenvalue weighted by molar-refractivity contribution is 9.11. The van der Waals surface area contributed by atoms with Crippen molar-refractivity contribution in [1.29, 1.82) is 0 Å². The van der Waals surface area contributed by atoms with Crippen LogP contribution in [0.15, 0.2) is 46.3 Å². The number of benzene rings is 2. The van der Waals surface area contributed by atoms with Gasteiger partial charge < -0.3 is 5.73 Å². The first-order chi connectivity index (χ1) is 9.58. The minimum absolute atomic E-state index is 0.234. The minimum Gasteiger partial charge on any atom is -0.320 e. The Kier molecular flexibility index (Phi) is 3.82. The van der Waals surface area contributed by atoms with Crippen molar-refractivity contribution >= 4 is 49.6 Å². The Morgan fingerprint density at radius 3 is 2.50 bits per heavy atom. The smallest absolute Gasteiger partial charge is 0.131 e. The topological polar surface area (TPSA) is 26.0 Å². The third-order valence-corrected chi connectivity index (χ3v) is 5.77. The van der Waals surface area contributed by atoms with Crippen LogP contribution in [0.1, 0.15) is 16.5 Å². The summed E-state index contributed by atoms with van der Waals surface area (Å²) in [6.07, 6.45) is 0. The molecule has 0 spiro atoms. The molecule has 1 nitrogen and oxygen atoms in total. The fourth-order valence-corrected chi connectivity index (χ4v) is 3.99. The van der Waals surface area contributed by atoms with Gasteiger partial charge in [0, 0.05) is 10.3 Å². The van der Waals surface area contributed by atoms with Gasteiger partial charge in [-0.1, -0.05) is 41.9 Å². The molecule has 0 aliphatic heterocycles. The van der Waals surface area contributed by atoms with Crippen molar-refractivity contribution in [2.75, 3.05) is 0 Å². The summed E-state index contributed by atoms with van der Waals surface area (Å²) >= 11 is 10.9. The van der Waals surface area contributed by atoms with E-state index < -0.39 is 0 Å². The molecule has 0 saturated heterocycles. The second-order valence-electron chi connectivity index (χ2n) is 4.43. The van der Waals surface area contributed by atoms with Gasteiger partial charge in [0.2, 0.25) is 0 Å². The molecular formula is C15H10BrClFNS. The van der Waals surface area contributed by atoms with Gasteiger partial charge in [-0.3, -0.25) is 0 Å². The third-order valence-electron chi connectivity index (χ3n) is 3.21. The molecule has 0 aliphatic carbocycles. The summed E-state index contributed by atoms with van der Waals surface area (Å²) in [7, 11) is 0. The zero-order chi connectivity index (χ0) is 14.3. The Labute approximate surface area is 133 Å². The maximum absolute atomic E-state index is 13.8. The molecule has 1 aromatic heterocycles. The third kappa shape index (κ3) is 2.37. The first-order valence-electron chi connectivity index (χ1n) is 5.95. The van der Waals surface area contributed by atoms with E-state index in [1.807, 2.05) is 24.3 Å². The predicted octanol–water partition coefficient (Wildman–Crippen LogP) is 5.50. The number of thiophene rings is 1. The Morgan fingerprint density at radius 1 is 1.15 bits per heavy atom. The number of hydrogen-bond donors (Lipinski definition) is 1. The molecule has 0 fully saturated rings. The van der Waals surface area contributed by atoms with Gasteiger partial charge in [0.05, 0.1) is 14.9 Å². The average Bonchev–Trinajstić information content (AvgIpc) is 2.79. The largest absolute Gasteiger partial charge is 0.320 e. The highest BCUT2D eigenvalue weighted by Crippen LogP contribution is 2.38. The van der Waals surface area contributed by atoms with E-state index in [-0.39, 0.29) is 11.9 Å². The van der Waals surface area contributed by atoms with Crippen molar-refractivity contribution in [3.63, 3.8) is 0 Å². The van der Waals surface area contributed by atoms with Crippen molar-refractivity contribution < 1.29 is 4.39 Å². The molecule has 1 heterocycles. The highest BCUT2D eigenvalue weighted by atomic mass is 79.9. The van der Waals surface area contributed by atoms with Crippen molar-refractivity contribution in [1.82, 2.24) is 0 Å². The SMILES string of the molecule is NC(c1cc(Cl)c(Br)s1)c1ccc(F)c2ccccc12. The van der Waals surface area contributed by atoms with E-state index in [4.69, 9.17) is 17.3 Å². The van der Waals surface area contributed by atoms with Gasteiger partial charge in [-0.15, -0.1) is 11.3 Å². The summed E-state index contributed by atoms with van der Waals surface area (Å²) < 4.78 is 14.7. The van der Waals surface area contributed by atoms with E-state index >= 15 is 0 Å². The summed E-state index contributed by atoms with van der Waals surface area (Å²) in [4.78, 5) is 0.943. The Balaban J connectivity index is 2.17. The fraction of sp³-hybridized carbons (Fsp3) is 0.0667. The molecule has 2 N–H and O–H groups in total. The first-order valence-corrected chi connectivity index (χ1v) is 7.94. The molecule has 102 valence electrons. The molecule has 3 aromatic rings. The fourth-order valence-electron chi connectivity index (χ4n) is 2.23. The van der Waals surface area contributed by atoms with Crippen LogP contribution in [-0.2, 0) is 0 Å². The zero-order valence-corrected chi connectivity index (χ0v) is 13.4. The number of hydrogen-bond acceptors (Lipinski definition) is 2. The number of rotatable bonds is 2. The molecule has 1 unspecified atom stereocenters. The molecule has 1 atom stereocenters. The Bertz CT molecular complexity index is 767. The molecule has 5 heteroatoms. The molecule has 3 rings (SSSR count). The van der Waals surface area contributed by atoms with E-state index in [0.717, 1.165) is 19.6 Å². The van der Waals surface area contributed by atoms with E-state index in [2.05, 4.69) is 15.9 Å². The van der Waals surface area contributed by atoms with E-state index in [9.17, 15) is 4.39 Å². The summed E-state index contributed by atoms with van der Waals surface area (Å²) in [5.41, 5.74) is 7.22. The van der Waals surface area contributed by atoms with Crippen LogP contribution in [0.25, 0.3) is 10.8 Å². The van der Waals surface area contributed by atoms with Crippen molar-refractivity contribution in [3.05, 3.63) is 67.5 Å². The zero-order valence-electron chi connectivity index (χ0n) is 10.2. The first kappa shape index (κ1) is 14.0. The lowest BCUT2D eigenvalue weighted by molar-refractivity contribution is 0.639. The second-order valence-corrected chi connectivity index (χ2v) is 7.24. The van der Waals surface area contributed by atoms with Crippen LogP contribution in [0, 0.1) is 5.82 Å². The van der Waals surface area contributed by atoms with Crippen LogP contribution in [-0.4, -0.2) is 0 Å². The van der Waals surface area contributed by atoms with Gasteiger partial charge in [-0.05, 0) is 39.0 Å². The van der Waals surface area contributed by atoms with E-state index in [0.29, 0.717) is 10.4 Å². The maximum atomic E-state index is 13.8. The molecule has 0 aliphatic rings.